The number of nitrogens with one attached hydrogen (secondary N) is 1. The summed E-state index contributed by atoms with van der Waals surface area (Å²) in [4.78, 5) is 16.6. The number of amides is 1. The van der Waals surface area contributed by atoms with Crippen LogP contribution in [0.4, 0.5) is 5.69 Å². The van der Waals surface area contributed by atoms with E-state index >= 15 is 0 Å². The van der Waals surface area contributed by atoms with E-state index in [1.807, 2.05) is 25.1 Å². The van der Waals surface area contributed by atoms with Gasteiger partial charge in [0.2, 0.25) is 11.8 Å². The summed E-state index contributed by atoms with van der Waals surface area (Å²) in [5.41, 5.74) is 2.11. The zero-order valence-electron chi connectivity index (χ0n) is 13.5. The molecule has 1 aromatic carbocycles. The van der Waals surface area contributed by atoms with E-state index in [0.717, 1.165) is 23.2 Å². The van der Waals surface area contributed by atoms with Gasteiger partial charge in [-0.1, -0.05) is 20.8 Å². The van der Waals surface area contributed by atoms with Gasteiger partial charge in [0.25, 0.3) is 0 Å². The number of oxazole rings is 1. The Morgan fingerprint density at radius 2 is 2.23 bits per heavy atom. The molecule has 2 atom stereocenters. The average molecular weight is 302 g/mol. The highest BCUT2D eigenvalue weighted by Crippen LogP contribution is 2.35. The Morgan fingerprint density at radius 3 is 2.91 bits per heavy atom. The van der Waals surface area contributed by atoms with Gasteiger partial charge in [-0.15, -0.1) is 0 Å². The number of rotatable bonds is 4. The summed E-state index contributed by atoms with van der Waals surface area (Å²) < 4.78 is 11.2. The molecule has 0 aliphatic heterocycles. The van der Waals surface area contributed by atoms with Gasteiger partial charge in [0.05, 0.1) is 12.0 Å². The predicted molar refractivity (Wildman–Crippen MR) is 84.9 cm³/mol. The van der Waals surface area contributed by atoms with Gasteiger partial charge >= 0.3 is 0 Å². The van der Waals surface area contributed by atoms with Crippen molar-refractivity contribution in [3.8, 4) is 0 Å². The molecule has 0 radical (unpaired) electrons. The Hall–Kier alpha value is -1.88. The summed E-state index contributed by atoms with van der Waals surface area (Å²) in [5, 5.41) is 2.93. The highest BCUT2D eigenvalue weighted by atomic mass is 16.5. The lowest BCUT2D eigenvalue weighted by atomic mass is 9.97. The predicted octanol–water partition coefficient (Wildman–Crippen LogP) is 3.49. The van der Waals surface area contributed by atoms with Gasteiger partial charge < -0.3 is 14.5 Å². The van der Waals surface area contributed by atoms with Crippen LogP contribution < -0.4 is 5.32 Å². The van der Waals surface area contributed by atoms with E-state index < -0.39 is 0 Å². The van der Waals surface area contributed by atoms with E-state index in [1.54, 1.807) is 0 Å². The molecule has 5 heteroatoms. The van der Waals surface area contributed by atoms with Gasteiger partial charge in [-0.2, -0.15) is 0 Å². The first-order valence-corrected chi connectivity index (χ1v) is 7.72. The maximum Gasteiger partial charge on any atom is 0.230 e. The Morgan fingerprint density at radius 1 is 1.45 bits per heavy atom. The third-order valence-electron chi connectivity index (χ3n) is 3.75. The van der Waals surface area contributed by atoms with Crippen molar-refractivity contribution in [3.05, 3.63) is 24.1 Å². The standard InChI is InChI=1S/C17H22N2O3/c1-5-21-14-9-11(14)15(20)18-10-6-7-13-12(8-10)19-16(22-13)17(2,3)4/h6-8,11,14H,5,9H2,1-4H3,(H,18,20). The Balaban J connectivity index is 1.74. The van der Waals surface area contributed by atoms with Crippen LogP contribution in [0.15, 0.2) is 22.6 Å². The van der Waals surface area contributed by atoms with Crippen LogP contribution in [0.1, 0.15) is 40.0 Å². The van der Waals surface area contributed by atoms with Crippen LogP contribution in [-0.2, 0) is 14.9 Å². The number of hydrogen-bond acceptors (Lipinski definition) is 4. The second-order valence-corrected chi connectivity index (χ2v) is 6.78. The number of fused-ring (bicyclic) bond motifs is 1. The molecule has 1 amide bonds. The summed E-state index contributed by atoms with van der Waals surface area (Å²) in [6.45, 7) is 8.76. The zero-order valence-corrected chi connectivity index (χ0v) is 13.5. The van der Waals surface area contributed by atoms with E-state index in [0.29, 0.717) is 12.5 Å². The molecule has 118 valence electrons. The molecular formula is C17H22N2O3. The van der Waals surface area contributed by atoms with Crippen LogP contribution in [0.2, 0.25) is 0 Å². The lowest BCUT2D eigenvalue weighted by molar-refractivity contribution is -0.118. The lowest BCUT2D eigenvalue weighted by Gasteiger charge is -2.11. The number of benzene rings is 1. The molecule has 1 N–H and O–H groups in total. The van der Waals surface area contributed by atoms with Crippen molar-refractivity contribution in [2.45, 2.75) is 45.6 Å². The highest BCUT2D eigenvalue weighted by molar-refractivity contribution is 5.96. The fraction of sp³-hybridized carbons (Fsp3) is 0.529. The minimum atomic E-state index is -0.138. The van der Waals surface area contributed by atoms with Crippen LogP contribution in [0.5, 0.6) is 0 Å². The monoisotopic (exact) mass is 302 g/mol. The van der Waals surface area contributed by atoms with Gasteiger partial charge in [0.1, 0.15) is 5.52 Å². The summed E-state index contributed by atoms with van der Waals surface area (Å²) in [6, 6.07) is 5.54. The number of carbonyl (C=O) groups excluding carboxylic acids is 1. The average Bonchev–Trinajstić information content (AvgIpc) is 3.06. The van der Waals surface area contributed by atoms with Crippen LogP contribution >= 0.6 is 0 Å². The van der Waals surface area contributed by atoms with Crippen molar-refractivity contribution < 1.29 is 13.9 Å². The molecule has 0 saturated heterocycles. The molecule has 1 aliphatic carbocycles. The molecule has 1 fully saturated rings. The highest BCUT2D eigenvalue weighted by Gasteiger charge is 2.43. The number of aromatic nitrogens is 1. The fourth-order valence-corrected chi connectivity index (χ4v) is 2.41. The first kappa shape index (κ1) is 15.0. The zero-order chi connectivity index (χ0) is 15.9. The van der Waals surface area contributed by atoms with Crippen molar-refractivity contribution >= 4 is 22.7 Å². The van der Waals surface area contributed by atoms with Crippen molar-refractivity contribution in [3.63, 3.8) is 0 Å². The fourth-order valence-electron chi connectivity index (χ4n) is 2.41. The molecule has 0 bridgehead atoms. The maximum atomic E-state index is 12.1. The molecule has 22 heavy (non-hydrogen) atoms. The first-order valence-electron chi connectivity index (χ1n) is 7.72. The van der Waals surface area contributed by atoms with Gasteiger partial charge in [-0.05, 0) is 31.5 Å². The first-order chi connectivity index (χ1) is 10.4. The normalized spacial score (nSPS) is 21.1. The van der Waals surface area contributed by atoms with Gasteiger partial charge in [0, 0.05) is 17.7 Å². The van der Waals surface area contributed by atoms with Gasteiger partial charge in [-0.3, -0.25) is 4.79 Å². The second-order valence-electron chi connectivity index (χ2n) is 6.78. The largest absolute Gasteiger partial charge is 0.440 e. The smallest absolute Gasteiger partial charge is 0.230 e. The third kappa shape index (κ3) is 2.99. The molecule has 1 aliphatic rings. The molecule has 1 saturated carbocycles. The van der Waals surface area contributed by atoms with Crippen LogP contribution in [0.25, 0.3) is 11.1 Å². The Bertz CT molecular complexity index is 699. The molecule has 1 aromatic heterocycles. The van der Waals surface area contributed by atoms with Crippen molar-refractivity contribution in [2.75, 3.05) is 11.9 Å². The van der Waals surface area contributed by atoms with E-state index in [1.165, 1.54) is 0 Å². The molecule has 3 rings (SSSR count). The molecule has 2 unspecified atom stereocenters. The maximum absolute atomic E-state index is 12.1. The van der Waals surface area contributed by atoms with E-state index in [-0.39, 0.29) is 23.3 Å². The van der Waals surface area contributed by atoms with Gasteiger partial charge in [0.15, 0.2) is 5.58 Å². The topological polar surface area (TPSA) is 64.4 Å². The summed E-state index contributed by atoms with van der Waals surface area (Å²) in [7, 11) is 0. The minimum absolute atomic E-state index is 0.0114. The summed E-state index contributed by atoms with van der Waals surface area (Å²) >= 11 is 0. The van der Waals surface area contributed by atoms with Crippen molar-refractivity contribution in [1.29, 1.82) is 0 Å². The van der Waals surface area contributed by atoms with Crippen molar-refractivity contribution in [1.82, 2.24) is 4.98 Å². The minimum Gasteiger partial charge on any atom is -0.440 e. The quantitative estimate of drug-likeness (QED) is 0.939. The molecule has 0 spiro atoms. The lowest BCUT2D eigenvalue weighted by Crippen LogP contribution is -2.16. The van der Waals surface area contributed by atoms with E-state index in [9.17, 15) is 4.79 Å². The molecule has 5 nitrogen and oxygen atoms in total. The number of anilines is 1. The number of carbonyl (C=O) groups is 1. The van der Waals surface area contributed by atoms with Crippen LogP contribution in [0, 0.1) is 5.92 Å². The molecular weight excluding hydrogens is 280 g/mol. The third-order valence-corrected chi connectivity index (χ3v) is 3.75. The van der Waals surface area contributed by atoms with Crippen LogP contribution in [0.3, 0.4) is 0 Å². The van der Waals surface area contributed by atoms with Gasteiger partial charge in [-0.25, -0.2) is 4.98 Å². The summed E-state index contributed by atoms with van der Waals surface area (Å²) in [6.07, 6.45) is 0.883. The Kier molecular flexibility index (Phi) is 3.68. The second kappa shape index (κ2) is 5.39. The number of nitrogens with zero attached hydrogens (tertiary/aromatic N) is 1. The molecule has 1 heterocycles. The molecule has 2 aromatic rings. The number of hydrogen-bond donors (Lipinski definition) is 1. The number of ether oxygens (including phenoxy) is 1. The van der Waals surface area contributed by atoms with E-state index in [4.69, 9.17) is 9.15 Å². The van der Waals surface area contributed by atoms with E-state index in [2.05, 4.69) is 31.1 Å². The Labute approximate surface area is 130 Å². The summed E-state index contributed by atoms with van der Waals surface area (Å²) in [5.74, 6) is 0.681. The SMILES string of the molecule is CCOC1CC1C(=O)Nc1ccc2oc(C(C)(C)C)nc2c1. The van der Waals surface area contributed by atoms with Crippen molar-refractivity contribution in [2.24, 2.45) is 5.92 Å². The van der Waals surface area contributed by atoms with Crippen LogP contribution in [-0.4, -0.2) is 23.6 Å².